The van der Waals surface area contributed by atoms with Gasteiger partial charge >= 0.3 is 8.16 Å². The first kappa shape index (κ1) is 25.7. The number of benzene rings is 4. The van der Waals surface area contributed by atoms with E-state index < -0.39 is 8.16 Å². The minimum absolute atomic E-state index is 0.486. The molecule has 1 saturated heterocycles. The maximum absolute atomic E-state index is 7.28. The number of rotatable bonds is 2. The standard InChI is InChI=1S/C38H42NO2P/c1-38(2)27-22-31(38)30-18-19-32(26-12-4-3-5-13-26)39(33(30)23-27)42-40-34-20-16-24-10-6-8-14-28(24)36(34)37-29-15-9-7-11-25(29)17-21-35(37)41-42/h6-11,14-17,20-21,26-27,30-33H,3-5,12-13,18-19,22-23H2,1-2H3/t27-,30-,31-,32-,33+/m0/s1. The Hall–Kier alpha value is -2.74. The molecule has 2 heterocycles. The van der Waals surface area contributed by atoms with Gasteiger partial charge in [0.1, 0.15) is 11.2 Å². The minimum Gasteiger partial charge on any atom is -0.408 e. The normalized spacial score (nSPS) is 29.5. The Morgan fingerprint density at radius 1 is 0.667 bits per heavy atom. The Labute approximate surface area is 249 Å². The highest BCUT2D eigenvalue weighted by molar-refractivity contribution is 7.39. The molecule has 5 fully saturated rings. The molecule has 216 valence electrons. The Kier molecular flexibility index (Phi) is 5.90. The van der Waals surface area contributed by atoms with Gasteiger partial charge in [-0.1, -0.05) is 93.8 Å². The van der Waals surface area contributed by atoms with E-state index in [0.717, 1.165) is 34.8 Å². The maximum Gasteiger partial charge on any atom is 0.310 e. The van der Waals surface area contributed by atoms with Gasteiger partial charge in [0.25, 0.3) is 0 Å². The molecule has 4 saturated carbocycles. The summed E-state index contributed by atoms with van der Waals surface area (Å²) < 4.78 is 17.4. The van der Waals surface area contributed by atoms with Crippen LogP contribution in [-0.4, -0.2) is 12.1 Å². The summed E-state index contributed by atoms with van der Waals surface area (Å²) in [5.41, 5.74) is 2.46. The quantitative estimate of drug-likeness (QED) is 0.210. The molecular weight excluding hydrogens is 533 g/mol. The molecule has 4 aliphatic carbocycles. The first-order valence-corrected chi connectivity index (χ1v) is 17.7. The summed E-state index contributed by atoms with van der Waals surface area (Å²) in [7, 11) is -1.30. The average Bonchev–Trinajstić information content (AvgIpc) is 3.21. The van der Waals surface area contributed by atoms with E-state index in [9.17, 15) is 0 Å². The third-order valence-electron chi connectivity index (χ3n) is 12.3. The molecule has 0 spiro atoms. The Balaban J connectivity index is 1.32. The molecule has 5 atom stereocenters. The van der Waals surface area contributed by atoms with Crippen LogP contribution in [0.4, 0.5) is 0 Å². The van der Waals surface area contributed by atoms with Gasteiger partial charge in [0.15, 0.2) is 0 Å². The van der Waals surface area contributed by atoms with Gasteiger partial charge in [0.05, 0.1) is 0 Å². The van der Waals surface area contributed by atoms with Gasteiger partial charge in [-0.05, 0) is 101 Å². The van der Waals surface area contributed by atoms with Gasteiger partial charge in [0.2, 0.25) is 0 Å². The lowest BCUT2D eigenvalue weighted by Gasteiger charge is -2.66. The second-order valence-electron chi connectivity index (χ2n) is 14.5. The van der Waals surface area contributed by atoms with Crippen LogP contribution < -0.4 is 4.67 Å². The molecule has 0 N–H and O–H groups in total. The molecule has 10 rings (SSSR count). The summed E-state index contributed by atoms with van der Waals surface area (Å²) in [6, 6.07) is 27.6. The van der Waals surface area contributed by atoms with Crippen LogP contribution in [0.1, 0.15) is 71.6 Å². The van der Waals surface area contributed by atoms with Gasteiger partial charge in [-0.15, -0.1) is 0 Å². The summed E-state index contributed by atoms with van der Waals surface area (Å²) in [6.07, 6.45) is 12.3. The first-order valence-electron chi connectivity index (χ1n) is 16.6. The molecular formula is C38H42NO2P. The van der Waals surface area contributed by atoms with Gasteiger partial charge in [0, 0.05) is 22.9 Å². The Morgan fingerprint density at radius 3 is 1.90 bits per heavy atom. The largest absolute Gasteiger partial charge is 0.408 e. The molecule has 5 aliphatic rings. The summed E-state index contributed by atoms with van der Waals surface area (Å²) in [6.45, 7) is 5.10. The van der Waals surface area contributed by atoms with Crippen LogP contribution >= 0.6 is 8.16 Å². The van der Waals surface area contributed by atoms with E-state index in [-0.39, 0.29) is 0 Å². The molecule has 4 heteroatoms. The molecule has 0 radical (unpaired) electrons. The highest BCUT2D eigenvalue weighted by Gasteiger charge is 2.61. The topological polar surface area (TPSA) is 29.5 Å². The minimum atomic E-state index is -1.30. The maximum atomic E-state index is 7.28. The zero-order chi connectivity index (χ0) is 28.0. The fourth-order valence-corrected chi connectivity index (χ4v) is 11.9. The third-order valence-corrected chi connectivity index (χ3v) is 14.0. The highest BCUT2D eigenvalue weighted by Crippen LogP contribution is 2.65. The van der Waals surface area contributed by atoms with Crippen LogP contribution in [0.3, 0.4) is 0 Å². The third kappa shape index (κ3) is 3.75. The van der Waals surface area contributed by atoms with Gasteiger partial charge < -0.3 is 8.39 Å². The average molecular weight is 576 g/mol. The van der Waals surface area contributed by atoms with E-state index >= 15 is 0 Å². The second kappa shape index (κ2) is 9.63. The van der Waals surface area contributed by atoms with E-state index in [2.05, 4.69) is 91.3 Å². The molecule has 0 amide bonds. The van der Waals surface area contributed by atoms with Crippen LogP contribution in [0.25, 0.3) is 43.5 Å². The monoisotopic (exact) mass is 575 g/mol. The zero-order valence-corrected chi connectivity index (χ0v) is 25.9. The molecule has 3 nitrogen and oxygen atoms in total. The molecule has 1 aromatic heterocycles. The van der Waals surface area contributed by atoms with Crippen molar-refractivity contribution in [2.24, 2.45) is 29.1 Å². The van der Waals surface area contributed by atoms with E-state index in [1.807, 2.05) is 0 Å². The molecule has 42 heavy (non-hydrogen) atoms. The Bertz CT molecular complexity index is 1770. The molecule has 2 bridgehead atoms. The number of piperidine rings is 1. The van der Waals surface area contributed by atoms with Gasteiger partial charge in [-0.25, -0.2) is 0 Å². The van der Waals surface area contributed by atoms with Gasteiger partial charge in [-0.3, -0.25) is 0 Å². The van der Waals surface area contributed by atoms with Crippen LogP contribution in [0.2, 0.25) is 0 Å². The van der Waals surface area contributed by atoms with Crippen LogP contribution in [0.5, 0.6) is 0 Å². The predicted molar refractivity (Wildman–Crippen MR) is 176 cm³/mol. The molecule has 0 unspecified atom stereocenters. The van der Waals surface area contributed by atoms with Crippen molar-refractivity contribution in [1.82, 2.24) is 0 Å². The van der Waals surface area contributed by atoms with Crippen molar-refractivity contribution in [2.45, 2.75) is 83.7 Å². The number of nitrogens with zero attached hydrogens (tertiary/aromatic N) is 1. The molecule has 5 aromatic rings. The number of hydrogen-bond acceptors (Lipinski definition) is 3. The van der Waals surface area contributed by atoms with E-state index in [4.69, 9.17) is 8.39 Å². The van der Waals surface area contributed by atoms with Gasteiger partial charge in [-0.2, -0.15) is 4.67 Å². The SMILES string of the molecule is CC1(C)[C@@H]2C[C@@H]3[C@@H](CC[C@@H](C4CCCCC4)N3p3oc4ccc5ccccc5c4c4c(ccc5ccccc54)o3)[C@@H]1C2. The number of fused-ring (bicyclic) bond motifs is 7. The summed E-state index contributed by atoms with van der Waals surface area (Å²) in [5, 5.41) is 7.37. The molecule has 4 aromatic carbocycles. The van der Waals surface area contributed by atoms with Crippen molar-refractivity contribution in [3.63, 3.8) is 0 Å². The fourth-order valence-electron chi connectivity index (χ4n) is 10.0. The lowest BCUT2D eigenvalue weighted by molar-refractivity contribution is -0.125. The zero-order valence-electron chi connectivity index (χ0n) is 25.0. The van der Waals surface area contributed by atoms with Crippen LogP contribution in [0, 0.1) is 29.1 Å². The lowest BCUT2D eigenvalue weighted by atomic mass is 9.43. The van der Waals surface area contributed by atoms with E-state index in [1.54, 1.807) is 0 Å². The van der Waals surface area contributed by atoms with Crippen molar-refractivity contribution >= 4 is 51.6 Å². The van der Waals surface area contributed by atoms with Crippen molar-refractivity contribution in [3.8, 4) is 0 Å². The lowest BCUT2D eigenvalue weighted by Crippen LogP contribution is -2.65. The predicted octanol–water partition coefficient (Wildman–Crippen LogP) is 11.3. The summed E-state index contributed by atoms with van der Waals surface area (Å²) in [5.74, 6) is 3.18. The van der Waals surface area contributed by atoms with Crippen LogP contribution in [0.15, 0.2) is 81.2 Å². The highest BCUT2D eigenvalue weighted by atomic mass is 31.1. The van der Waals surface area contributed by atoms with E-state index in [0.29, 0.717) is 17.5 Å². The smallest absolute Gasteiger partial charge is 0.310 e. The first-order chi connectivity index (χ1) is 20.6. The summed E-state index contributed by atoms with van der Waals surface area (Å²) in [4.78, 5) is 0. The fraction of sp³-hybridized carbons (Fsp3) is 0.474. The second-order valence-corrected chi connectivity index (χ2v) is 15.8. The van der Waals surface area contributed by atoms with Crippen molar-refractivity contribution in [2.75, 3.05) is 4.67 Å². The summed E-state index contributed by atoms with van der Waals surface area (Å²) >= 11 is 0. The molecule has 1 aliphatic heterocycles. The van der Waals surface area contributed by atoms with Crippen molar-refractivity contribution < 1.29 is 8.39 Å². The van der Waals surface area contributed by atoms with Crippen molar-refractivity contribution in [3.05, 3.63) is 72.8 Å². The van der Waals surface area contributed by atoms with E-state index in [1.165, 1.54) is 90.1 Å². The van der Waals surface area contributed by atoms with Crippen molar-refractivity contribution in [1.29, 1.82) is 0 Å². The number of hydrogen-bond donors (Lipinski definition) is 0. The van der Waals surface area contributed by atoms with Crippen LogP contribution in [-0.2, 0) is 0 Å². The Morgan fingerprint density at radius 2 is 1.29 bits per heavy atom.